The zero-order chi connectivity index (χ0) is 35.2. The summed E-state index contributed by atoms with van der Waals surface area (Å²) in [5, 5.41) is 3.01. The Kier molecular flexibility index (Phi) is 14.0. The summed E-state index contributed by atoms with van der Waals surface area (Å²) in [6.07, 6.45) is 3.83. The van der Waals surface area contributed by atoms with E-state index in [-0.39, 0.29) is 23.8 Å². The maximum Gasteiger partial charge on any atom is 0.264 e. The minimum Gasteiger partial charge on any atom is -0.497 e. The van der Waals surface area contributed by atoms with Gasteiger partial charge in [0.25, 0.3) is 10.0 Å². The Hall–Kier alpha value is -4.48. The highest BCUT2D eigenvalue weighted by Crippen LogP contribution is 2.28. The van der Waals surface area contributed by atoms with E-state index in [4.69, 9.17) is 9.47 Å². The van der Waals surface area contributed by atoms with Crippen molar-refractivity contribution < 1.29 is 27.5 Å². The molecule has 0 bridgehead atoms. The van der Waals surface area contributed by atoms with Crippen molar-refractivity contribution in [3.05, 3.63) is 114 Å². The number of unbranched alkanes of at least 4 members (excludes halogenated alkanes) is 1. The van der Waals surface area contributed by atoms with E-state index in [1.807, 2.05) is 68.6 Å². The van der Waals surface area contributed by atoms with Gasteiger partial charge < -0.3 is 19.7 Å². The van der Waals surface area contributed by atoms with E-state index >= 15 is 0 Å². The molecular weight excluding hydrogens is 659 g/mol. The van der Waals surface area contributed by atoms with Crippen molar-refractivity contribution in [2.24, 2.45) is 0 Å². The lowest BCUT2D eigenvalue weighted by Gasteiger charge is -2.34. The minimum absolute atomic E-state index is 0.0458. The molecule has 0 fully saturated rings. The molecule has 0 saturated carbocycles. The molecule has 0 spiro atoms. The summed E-state index contributed by atoms with van der Waals surface area (Å²) in [4.78, 5) is 31.1. The summed E-state index contributed by atoms with van der Waals surface area (Å²) in [5.41, 5.74) is 1.89. The molecule has 1 N–H and O–H groups in total. The van der Waals surface area contributed by atoms with E-state index in [1.165, 1.54) is 16.7 Å². The van der Waals surface area contributed by atoms with E-state index < -0.39 is 28.5 Å². The standard InChI is InChI=1S/C38H45N3O6S2/c1-5-7-24-39-38(43)36(26-29-12-9-8-10-13-29)40(27-30-14-11-15-33(25-30)46-3)37(42)28-41(31-16-18-32(19-17-31)47-6-2)49(44,45)35-22-20-34(48-4)21-23-35/h8-23,25,36H,5-7,24,26-28H2,1-4H3,(H,39,43)/t36-/m1/s1. The molecule has 4 aromatic rings. The van der Waals surface area contributed by atoms with Crippen LogP contribution >= 0.6 is 11.8 Å². The summed E-state index contributed by atoms with van der Waals surface area (Å²) in [6.45, 7) is 4.32. The second-order valence-corrected chi connectivity index (χ2v) is 14.1. The number of ether oxygens (including phenoxy) is 2. The predicted molar refractivity (Wildman–Crippen MR) is 196 cm³/mol. The number of hydrogen-bond donors (Lipinski definition) is 1. The number of thioether (sulfide) groups is 1. The van der Waals surface area contributed by atoms with Gasteiger partial charge in [0.15, 0.2) is 0 Å². The van der Waals surface area contributed by atoms with Crippen LogP contribution in [0.1, 0.15) is 37.8 Å². The minimum atomic E-state index is -4.22. The Labute approximate surface area is 294 Å². The Bertz CT molecular complexity index is 1750. The highest BCUT2D eigenvalue weighted by molar-refractivity contribution is 7.98. The van der Waals surface area contributed by atoms with Crippen molar-refractivity contribution >= 4 is 39.3 Å². The molecule has 0 aliphatic heterocycles. The Morgan fingerprint density at radius 1 is 0.857 bits per heavy atom. The molecule has 11 heteroatoms. The van der Waals surface area contributed by atoms with Crippen LogP contribution in [0.25, 0.3) is 0 Å². The molecule has 49 heavy (non-hydrogen) atoms. The summed E-state index contributed by atoms with van der Waals surface area (Å²) in [5.74, 6) is 0.332. The largest absolute Gasteiger partial charge is 0.497 e. The maximum atomic E-state index is 14.7. The normalized spacial score (nSPS) is 11.8. The van der Waals surface area contributed by atoms with E-state index in [1.54, 1.807) is 61.7 Å². The monoisotopic (exact) mass is 703 g/mol. The molecule has 4 rings (SSSR count). The van der Waals surface area contributed by atoms with Gasteiger partial charge in [-0.3, -0.25) is 13.9 Å². The van der Waals surface area contributed by atoms with Crippen molar-refractivity contribution in [1.82, 2.24) is 10.2 Å². The van der Waals surface area contributed by atoms with E-state index in [2.05, 4.69) is 5.32 Å². The number of sulfonamides is 1. The predicted octanol–water partition coefficient (Wildman–Crippen LogP) is 6.57. The Balaban J connectivity index is 1.80. The first-order chi connectivity index (χ1) is 23.7. The molecular formula is C38H45N3O6S2. The molecule has 0 aliphatic rings. The summed E-state index contributed by atoms with van der Waals surface area (Å²) < 4.78 is 40.8. The van der Waals surface area contributed by atoms with Crippen molar-refractivity contribution in [3.8, 4) is 11.5 Å². The molecule has 0 heterocycles. The molecule has 0 aromatic heterocycles. The zero-order valence-electron chi connectivity index (χ0n) is 28.5. The Morgan fingerprint density at radius 2 is 1.55 bits per heavy atom. The fourth-order valence-electron chi connectivity index (χ4n) is 5.31. The summed E-state index contributed by atoms with van der Waals surface area (Å²) in [7, 11) is -2.66. The number of nitrogens with one attached hydrogen (secondary N) is 1. The first kappa shape index (κ1) is 37.3. The quantitative estimate of drug-likeness (QED) is 0.0924. The maximum absolute atomic E-state index is 14.7. The third-order valence-electron chi connectivity index (χ3n) is 7.95. The molecule has 0 radical (unpaired) electrons. The lowest BCUT2D eigenvalue weighted by atomic mass is 10.0. The zero-order valence-corrected chi connectivity index (χ0v) is 30.1. The van der Waals surface area contributed by atoms with Gasteiger partial charge in [-0.25, -0.2) is 8.42 Å². The van der Waals surface area contributed by atoms with Crippen molar-refractivity contribution in [1.29, 1.82) is 0 Å². The van der Waals surface area contributed by atoms with Gasteiger partial charge >= 0.3 is 0 Å². The van der Waals surface area contributed by atoms with Gasteiger partial charge in [0.1, 0.15) is 24.1 Å². The van der Waals surface area contributed by atoms with Crippen molar-refractivity contribution in [2.75, 3.05) is 37.4 Å². The van der Waals surface area contributed by atoms with Crippen molar-refractivity contribution in [2.45, 2.75) is 55.5 Å². The smallest absolute Gasteiger partial charge is 0.264 e. The molecule has 4 aromatic carbocycles. The number of nitrogens with zero attached hydrogens (tertiary/aromatic N) is 2. The van der Waals surface area contributed by atoms with Gasteiger partial charge in [0, 0.05) is 24.4 Å². The second-order valence-electron chi connectivity index (χ2n) is 11.3. The van der Waals surface area contributed by atoms with E-state index in [0.717, 1.165) is 33.2 Å². The summed E-state index contributed by atoms with van der Waals surface area (Å²) >= 11 is 1.50. The Morgan fingerprint density at radius 3 is 2.18 bits per heavy atom. The van der Waals surface area contributed by atoms with E-state index in [9.17, 15) is 18.0 Å². The number of methoxy groups -OCH3 is 1. The van der Waals surface area contributed by atoms with Crippen LogP contribution in [0.5, 0.6) is 11.5 Å². The van der Waals surface area contributed by atoms with Gasteiger partial charge in [0.05, 0.1) is 24.3 Å². The van der Waals surface area contributed by atoms with Gasteiger partial charge in [-0.15, -0.1) is 11.8 Å². The number of amides is 2. The van der Waals surface area contributed by atoms with E-state index in [0.29, 0.717) is 30.3 Å². The third-order valence-corrected chi connectivity index (χ3v) is 10.5. The van der Waals surface area contributed by atoms with Gasteiger partial charge in [-0.1, -0.05) is 55.8 Å². The first-order valence-corrected chi connectivity index (χ1v) is 19.0. The number of carbonyl (C=O) groups is 2. The fourth-order valence-corrected chi connectivity index (χ4v) is 7.13. The molecule has 260 valence electrons. The SMILES string of the molecule is CCCCNC(=O)[C@@H](Cc1ccccc1)N(Cc1cccc(OC)c1)C(=O)CN(c1ccc(OCC)cc1)S(=O)(=O)c1ccc(SC)cc1. The highest BCUT2D eigenvalue weighted by atomic mass is 32.2. The fraction of sp³-hybridized carbons (Fsp3) is 0.316. The van der Waals surface area contributed by atoms with Crippen LogP contribution in [0.15, 0.2) is 113 Å². The molecule has 9 nitrogen and oxygen atoms in total. The lowest BCUT2D eigenvalue weighted by Crippen LogP contribution is -2.53. The molecule has 0 saturated heterocycles. The molecule has 0 unspecified atom stereocenters. The second kappa shape index (κ2) is 18.3. The van der Waals surface area contributed by atoms with Crippen LogP contribution in [0.3, 0.4) is 0 Å². The number of carbonyl (C=O) groups excluding carboxylic acids is 2. The van der Waals surface area contributed by atoms with Crippen LogP contribution in [-0.2, 0) is 32.6 Å². The molecule has 1 atom stereocenters. The topological polar surface area (TPSA) is 105 Å². The average Bonchev–Trinajstić information content (AvgIpc) is 3.13. The number of rotatable bonds is 18. The van der Waals surface area contributed by atoms with Crippen LogP contribution in [-0.4, -0.2) is 64.2 Å². The van der Waals surface area contributed by atoms with Crippen LogP contribution in [0, 0.1) is 0 Å². The summed E-state index contributed by atoms with van der Waals surface area (Å²) in [6, 6.07) is 29.0. The van der Waals surface area contributed by atoms with Crippen molar-refractivity contribution in [3.63, 3.8) is 0 Å². The number of hydrogen-bond acceptors (Lipinski definition) is 7. The van der Waals surface area contributed by atoms with Gasteiger partial charge in [-0.05, 0) is 91.4 Å². The molecule has 0 aliphatic carbocycles. The number of benzene rings is 4. The third kappa shape index (κ3) is 10.3. The first-order valence-electron chi connectivity index (χ1n) is 16.3. The lowest BCUT2D eigenvalue weighted by molar-refractivity contribution is -0.140. The highest BCUT2D eigenvalue weighted by Gasteiger charge is 2.34. The van der Waals surface area contributed by atoms with Gasteiger partial charge in [-0.2, -0.15) is 0 Å². The van der Waals surface area contributed by atoms with Crippen LogP contribution in [0.4, 0.5) is 5.69 Å². The average molecular weight is 704 g/mol. The van der Waals surface area contributed by atoms with Crippen LogP contribution < -0.4 is 19.1 Å². The molecule has 2 amide bonds. The van der Waals surface area contributed by atoms with Gasteiger partial charge in [0.2, 0.25) is 11.8 Å². The number of anilines is 1. The van der Waals surface area contributed by atoms with Crippen LogP contribution in [0.2, 0.25) is 0 Å².